The zero-order valence-electron chi connectivity index (χ0n) is 16.5. The first-order valence-corrected chi connectivity index (χ1v) is 10.0. The SMILES string of the molecule is CCCC(CCC)COC(=O)c1ccc(OCC(CCC)CCC)o1. The average molecular weight is 353 g/mol. The second-order valence-electron chi connectivity index (χ2n) is 6.91. The van der Waals surface area contributed by atoms with Crippen LogP contribution in [0.3, 0.4) is 0 Å². The van der Waals surface area contributed by atoms with E-state index in [4.69, 9.17) is 13.9 Å². The highest BCUT2D eigenvalue weighted by Crippen LogP contribution is 2.21. The van der Waals surface area contributed by atoms with Gasteiger partial charge in [-0.3, -0.25) is 0 Å². The zero-order chi connectivity index (χ0) is 18.5. The summed E-state index contributed by atoms with van der Waals surface area (Å²) in [6, 6.07) is 3.35. The first kappa shape index (κ1) is 21.6. The maximum atomic E-state index is 12.1. The lowest BCUT2D eigenvalue weighted by atomic mass is 9.99. The molecule has 1 aromatic heterocycles. The minimum absolute atomic E-state index is 0.226. The summed E-state index contributed by atoms with van der Waals surface area (Å²) >= 11 is 0. The van der Waals surface area contributed by atoms with Crippen LogP contribution in [0.4, 0.5) is 0 Å². The number of furan rings is 1. The third kappa shape index (κ3) is 8.46. The molecule has 0 N–H and O–H groups in total. The van der Waals surface area contributed by atoms with Gasteiger partial charge in [-0.1, -0.05) is 53.4 Å². The van der Waals surface area contributed by atoms with Crippen molar-refractivity contribution in [1.82, 2.24) is 0 Å². The molecule has 1 heterocycles. The molecular weight excluding hydrogens is 316 g/mol. The molecule has 0 aliphatic heterocycles. The van der Waals surface area contributed by atoms with Crippen molar-refractivity contribution in [2.24, 2.45) is 11.8 Å². The van der Waals surface area contributed by atoms with Crippen LogP contribution in [0, 0.1) is 11.8 Å². The second-order valence-corrected chi connectivity index (χ2v) is 6.91. The van der Waals surface area contributed by atoms with E-state index in [0.29, 0.717) is 31.0 Å². The van der Waals surface area contributed by atoms with Crippen molar-refractivity contribution in [3.05, 3.63) is 17.9 Å². The van der Waals surface area contributed by atoms with Crippen molar-refractivity contribution in [2.75, 3.05) is 13.2 Å². The molecule has 0 aliphatic rings. The standard InChI is InChI=1S/C21H36O4/c1-5-9-17(10-6-2)15-23-20-14-13-19(25-20)21(22)24-16-18(11-7-3)12-8-4/h13-14,17-18H,5-12,15-16H2,1-4H3. The minimum Gasteiger partial charge on any atom is -0.465 e. The molecule has 0 aromatic carbocycles. The monoisotopic (exact) mass is 352 g/mol. The van der Waals surface area contributed by atoms with Gasteiger partial charge in [-0.15, -0.1) is 0 Å². The third-order valence-corrected chi connectivity index (χ3v) is 4.48. The van der Waals surface area contributed by atoms with Crippen LogP contribution in [0.15, 0.2) is 16.5 Å². The lowest BCUT2D eigenvalue weighted by Crippen LogP contribution is -2.14. The normalized spacial score (nSPS) is 11.3. The van der Waals surface area contributed by atoms with E-state index in [9.17, 15) is 4.79 Å². The average Bonchev–Trinajstić information content (AvgIpc) is 3.07. The summed E-state index contributed by atoms with van der Waals surface area (Å²) in [6.45, 7) is 9.79. The van der Waals surface area contributed by atoms with E-state index in [0.717, 1.165) is 51.4 Å². The molecule has 4 heteroatoms. The van der Waals surface area contributed by atoms with Crippen LogP contribution in [0.1, 0.15) is 89.6 Å². The molecule has 0 aliphatic carbocycles. The maximum Gasteiger partial charge on any atom is 0.374 e. The van der Waals surface area contributed by atoms with Gasteiger partial charge in [-0.2, -0.15) is 0 Å². The van der Waals surface area contributed by atoms with Gasteiger partial charge in [0, 0.05) is 6.07 Å². The summed E-state index contributed by atoms with van der Waals surface area (Å²) in [5.74, 6) is 1.21. The minimum atomic E-state index is -0.397. The van der Waals surface area contributed by atoms with Crippen molar-refractivity contribution >= 4 is 5.97 Å². The molecule has 0 saturated heterocycles. The fourth-order valence-corrected chi connectivity index (χ4v) is 3.23. The molecule has 0 radical (unpaired) electrons. The molecule has 0 fully saturated rings. The molecular formula is C21H36O4. The molecule has 0 bridgehead atoms. The first-order chi connectivity index (χ1) is 12.1. The lowest BCUT2D eigenvalue weighted by Gasteiger charge is -2.15. The quantitative estimate of drug-likeness (QED) is 0.371. The van der Waals surface area contributed by atoms with Gasteiger partial charge in [-0.05, 0) is 43.6 Å². The van der Waals surface area contributed by atoms with Gasteiger partial charge in [-0.25, -0.2) is 4.79 Å². The van der Waals surface area contributed by atoms with E-state index in [1.807, 2.05) is 0 Å². The van der Waals surface area contributed by atoms with Gasteiger partial charge in [0.15, 0.2) is 0 Å². The molecule has 0 unspecified atom stereocenters. The molecule has 0 atom stereocenters. The van der Waals surface area contributed by atoms with Gasteiger partial charge in [0.05, 0.1) is 13.2 Å². The fraction of sp³-hybridized carbons (Fsp3) is 0.762. The molecule has 25 heavy (non-hydrogen) atoms. The number of hydrogen-bond acceptors (Lipinski definition) is 4. The van der Waals surface area contributed by atoms with E-state index < -0.39 is 5.97 Å². The smallest absolute Gasteiger partial charge is 0.374 e. The summed E-state index contributed by atoms with van der Waals surface area (Å²) < 4.78 is 16.7. The summed E-state index contributed by atoms with van der Waals surface area (Å²) in [5, 5.41) is 0. The Morgan fingerprint density at radius 1 is 0.880 bits per heavy atom. The Balaban J connectivity index is 2.46. The van der Waals surface area contributed by atoms with Crippen LogP contribution in [0.5, 0.6) is 5.95 Å². The van der Waals surface area contributed by atoms with Crippen molar-refractivity contribution in [1.29, 1.82) is 0 Å². The van der Waals surface area contributed by atoms with E-state index in [2.05, 4.69) is 27.7 Å². The van der Waals surface area contributed by atoms with Crippen molar-refractivity contribution in [3.63, 3.8) is 0 Å². The first-order valence-electron chi connectivity index (χ1n) is 10.0. The summed E-state index contributed by atoms with van der Waals surface area (Å²) in [7, 11) is 0. The van der Waals surface area contributed by atoms with Crippen LogP contribution in [0.2, 0.25) is 0 Å². The highest BCUT2D eigenvalue weighted by molar-refractivity contribution is 5.86. The van der Waals surface area contributed by atoms with Crippen LogP contribution < -0.4 is 4.74 Å². The number of esters is 1. The number of carbonyl (C=O) groups is 1. The van der Waals surface area contributed by atoms with Crippen LogP contribution in [-0.4, -0.2) is 19.2 Å². The van der Waals surface area contributed by atoms with Crippen LogP contribution in [-0.2, 0) is 4.74 Å². The Kier molecular flexibility index (Phi) is 11.1. The number of hydrogen-bond donors (Lipinski definition) is 0. The maximum absolute atomic E-state index is 12.1. The Bertz CT molecular complexity index is 454. The predicted octanol–water partition coefficient (Wildman–Crippen LogP) is 6.25. The van der Waals surface area contributed by atoms with Crippen molar-refractivity contribution in [3.8, 4) is 5.95 Å². The van der Waals surface area contributed by atoms with Gasteiger partial charge in [0.1, 0.15) is 0 Å². The largest absolute Gasteiger partial charge is 0.465 e. The number of rotatable bonds is 14. The Labute approximate surface area is 153 Å². The van der Waals surface area contributed by atoms with Crippen molar-refractivity contribution < 1.29 is 18.7 Å². The Morgan fingerprint density at radius 2 is 1.40 bits per heavy atom. The molecule has 0 saturated carbocycles. The highest BCUT2D eigenvalue weighted by atomic mass is 16.6. The fourth-order valence-electron chi connectivity index (χ4n) is 3.23. The van der Waals surface area contributed by atoms with Gasteiger partial charge >= 0.3 is 5.97 Å². The van der Waals surface area contributed by atoms with E-state index >= 15 is 0 Å². The zero-order valence-corrected chi connectivity index (χ0v) is 16.5. The van der Waals surface area contributed by atoms with Crippen LogP contribution >= 0.6 is 0 Å². The second kappa shape index (κ2) is 12.8. The third-order valence-electron chi connectivity index (χ3n) is 4.48. The summed E-state index contributed by atoms with van der Waals surface area (Å²) in [6.07, 6.45) is 9.00. The van der Waals surface area contributed by atoms with E-state index in [-0.39, 0.29) is 5.76 Å². The van der Waals surface area contributed by atoms with E-state index in [1.54, 1.807) is 12.1 Å². The summed E-state index contributed by atoms with van der Waals surface area (Å²) in [4.78, 5) is 12.1. The van der Waals surface area contributed by atoms with E-state index in [1.165, 1.54) is 0 Å². The van der Waals surface area contributed by atoms with Gasteiger partial charge < -0.3 is 13.9 Å². The van der Waals surface area contributed by atoms with Crippen molar-refractivity contribution in [2.45, 2.75) is 79.1 Å². The topological polar surface area (TPSA) is 48.7 Å². The predicted molar refractivity (Wildman–Crippen MR) is 101 cm³/mol. The molecule has 0 amide bonds. The molecule has 144 valence electrons. The summed E-state index contributed by atoms with van der Waals surface area (Å²) in [5.41, 5.74) is 0. The number of ether oxygens (including phenoxy) is 2. The molecule has 1 aromatic rings. The molecule has 4 nitrogen and oxygen atoms in total. The number of carbonyl (C=O) groups excluding carboxylic acids is 1. The molecule has 1 rings (SSSR count). The highest BCUT2D eigenvalue weighted by Gasteiger charge is 2.17. The van der Waals surface area contributed by atoms with Gasteiger partial charge in [0.25, 0.3) is 5.95 Å². The van der Waals surface area contributed by atoms with Crippen LogP contribution in [0.25, 0.3) is 0 Å². The Hall–Kier alpha value is -1.45. The van der Waals surface area contributed by atoms with Gasteiger partial charge in [0.2, 0.25) is 5.76 Å². The lowest BCUT2D eigenvalue weighted by molar-refractivity contribution is 0.0380. The Morgan fingerprint density at radius 3 is 1.92 bits per heavy atom. The molecule has 0 spiro atoms.